The number of carbonyl (C=O) groups excluding carboxylic acids is 1. The minimum atomic E-state index is -3.31. The van der Waals surface area contributed by atoms with Crippen LogP contribution in [-0.2, 0) is 14.6 Å². The van der Waals surface area contributed by atoms with E-state index in [1.54, 1.807) is 12.1 Å². The summed E-state index contributed by atoms with van der Waals surface area (Å²) in [6, 6.07) is 6.26. The van der Waals surface area contributed by atoms with Gasteiger partial charge in [0.2, 0.25) is 5.91 Å². The van der Waals surface area contributed by atoms with Crippen molar-refractivity contribution in [2.75, 3.05) is 11.9 Å². The topological polar surface area (TPSA) is 75.3 Å². The molecule has 1 unspecified atom stereocenters. The monoisotopic (exact) mass is 268 g/mol. The Bertz CT molecular complexity index is 531. The van der Waals surface area contributed by atoms with Gasteiger partial charge in [0, 0.05) is 12.6 Å². The van der Waals surface area contributed by atoms with Gasteiger partial charge >= 0.3 is 0 Å². The lowest BCUT2D eigenvalue weighted by Gasteiger charge is -2.12. The molecule has 1 aromatic rings. The molecule has 5 nitrogen and oxygen atoms in total. The smallest absolute Gasteiger partial charge is 0.221 e. The lowest BCUT2D eigenvalue weighted by Crippen LogP contribution is -2.30. The minimum Gasteiger partial charge on any atom is -0.326 e. The highest BCUT2D eigenvalue weighted by Gasteiger charge is 2.29. The molecular weight excluding hydrogens is 252 g/mol. The van der Waals surface area contributed by atoms with Crippen molar-refractivity contribution in [3.63, 3.8) is 0 Å². The summed E-state index contributed by atoms with van der Waals surface area (Å²) in [4.78, 5) is 11.2. The zero-order valence-corrected chi connectivity index (χ0v) is 11.0. The van der Waals surface area contributed by atoms with Crippen molar-refractivity contribution in [3.8, 4) is 0 Å². The molecule has 1 saturated heterocycles. The van der Waals surface area contributed by atoms with Crippen molar-refractivity contribution in [1.29, 1.82) is 0 Å². The number of sulfone groups is 1. The Morgan fingerprint density at radius 1 is 1.33 bits per heavy atom. The van der Waals surface area contributed by atoms with Gasteiger partial charge in [-0.15, -0.1) is 0 Å². The Morgan fingerprint density at radius 2 is 2.00 bits per heavy atom. The van der Waals surface area contributed by atoms with Gasteiger partial charge in [-0.05, 0) is 43.7 Å². The van der Waals surface area contributed by atoms with E-state index in [4.69, 9.17) is 0 Å². The number of carbonyl (C=O) groups is 1. The van der Waals surface area contributed by atoms with Crippen molar-refractivity contribution >= 4 is 21.4 Å². The van der Waals surface area contributed by atoms with Crippen molar-refractivity contribution in [3.05, 3.63) is 24.3 Å². The van der Waals surface area contributed by atoms with Crippen LogP contribution in [0.15, 0.2) is 29.2 Å². The Morgan fingerprint density at radius 3 is 2.50 bits per heavy atom. The van der Waals surface area contributed by atoms with Crippen molar-refractivity contribution in [2.45, 2.75) is 30.0 Å². The average molecular weight is 268 g/mol. The summed E-state index contributed by atoms with van der Waals surface area (Å²) in [7, 11) is -3.31. The molecule has 0 radical (unpaired) electrons. The van der Waals surface area contributed by atoms with E-state index in [0.717, 1.165) is 13.0 Å². The van der Waals surface area contributed by atoms with Gasteiger partial charge in [-0.25, -0.2) is 8.42 Å². The molecule has 2 N–H and O–H groups in total. The zero-order valence-electron chi connectivity index (χ0n) is 10.1. The van der Waals surface area contributed by atoms with Crippen LogP contribution >= 0.6 is 0 Å². The second-order valence-electron chi connectivity index (χ2n) is 4.34. The molecule has 1 aliphatic rings. The van der Waals surface area contributed by atoms with Gasteiger partial charge in [0.25, 0.3) is 0 Å². The van der Waals surface area contributed by atoms with E-state index in [1.807, 2.05) is 0 Å². The van der Waals surface area contributed by atoms with E-state index < -0.39 is 15.2 Å². The van der Waals surface area contributed by atoms with E-state index in [9.17, 15) is 13.2 Å². The van der Waals surface area contributed by atoms with Crippen LogP contribution in [0.1, 0.15) is 19.8 Å². The van der Waals surface area contributed by atoms with E-state index in [0.29, 0.717) is 12.1 Å². The summed E-state index contributed by atoms with van der Waals surface area (Å²) < 4.78 is 24.4. The van der Waals surface area contributed by atoms with Crippen molar-refractivity contribution in [1.82, 2.24) is 5.32 Å². The van der Waals surface area contributed by atoms with Crippen molar-refractivity contribution < 1.29 is 13.2 Å². The van der Waals surface area contributed by atoms with Gasteiger partial charge in [-0.2, -0.15) is 0 Å². The average Bonchev–Trinajstić information content (AvgIpc) is 2.83. The first-order valence-electron chi connectivity index (χ1n) is 5.85. The molecule has 1 fully saturated rings. The Hall–Kier alpha value is -1.40. The molecule has 1 atom stereocenters. The predicted molar refractivity (Wildman–Crippen MR) is 69.0 cm³/mol. The van der Waals surface area contributed by atoms with Gasteiger partial charge < -0.3 is 10.6 Å². The second kappa shape index (κ2) is 5.07. The van der Waals surface area contributed by atoms with Gasteiger partial charge in [0.1, 0.15) is 5.37 Å². The molecule has 0 bridgehead atoms. The van der Waals surface area contributed by atoms with Crippen LogP contribution < -0.4 is 10.6 Å². The number of hydrogen-bond acceptors (Lipinski definition) is 4. The molecular formula is C12H16N2O3S. The normalized spacial score (nSPS) is 19.7. The van der Waals surface area contributed by atoms with E-state index in [1.165, 1.54) is 19.1 Å². The fourth-order valence-electron chi connectivity index (χ4n) is 2.01. The molecule has 2 rings (SSSR count). The second-order valence-corrected chi connectivity index (χ2v) is 6.47. The van der Waals surface area contributed by atoms with Crippen molar-refractivity contribution in [2.24, 2.45) is 0 Å². The molecule has 0 saturated carbocycles. The lowest BCUT2D eigenvalue weighted by molar-refractivity contribution is -0.114. The van der Waals surface area contributed by atoms with Crippen LogP contribution in [0.3, 0.4) is 0 Å². The maximum Gasteiger partial charge on any atom is 0.221 e. The zero-order chi connectivity index (χ0) is 13.2. The highest BCUT2D eigenvalue weighted by Crippen LogP contribution is 2.22. The summed E-state index contributed by atoms with van der Waals surface area (Å²) in [5.41, 5.74) is 0.598. The lowest BCUT2D eigenvalue weighted by atomic mass is 10.3. The van der Waals surface area contributed by atoms with Crippen LogP contribution in [0.5, 0.6) is 0 Å². The van der Waals surface area contributed by atoms with Crippen LogP contribution in [-0.4, -0.2) is 26.2 Å². The van der Waals surface area contributed by atoms with E-state index >= 15 is 0 Å². The number of anilines is 1. The molecule has 0 spiro atoms. The SMILES string of the molecule is CC(=O)Nc1ccc(S(=O)(=O)C2CCCN2)cc1. The highest BCUT2D eigenvalue weighted by molar-refractivity contribution is 7.92. The molecule has 18 heavy (non-hydrogen) atoms. The van der Waals surface area contributed by atoms with E-state index in [-0.39, 0.29) is 10.8 Å². The number of hydrogen-bond donors (Lipinski definition) is 2. The fourth-order valence-corrected chi connectivity index (χ4v) is 3.67. The quantitative estimate of drug-likeness (QED) is 0.861. The predicted octanol–water partition coefficient (Wildman–Crippen LogP) is 1.13. The fraction of sp³-hybridized carbons (Fsp3) is 0.417. The summed E-state index contributed by atoms with van der Waals surface area (Å²) >= 11 is 0. The summed E-state index contributed by atoms with van der Waals surface area (Å²) in [5, 5.41) is 5.11. The first-order chi connectivity index (χ1) is 8.50. The molecule has 0 aliphatic carbocycles. The molecule has 6 heteroatoms. The van der Waals surface area contributed by atoms with Crippen LogP contribution in [0, 0.1) is 0 Å². The third-order valence-corrected chi connectivity index (χ3v) is 4.97. The first-order valence-corrected chi connectivity index (χ1v) is 7.40. The molecule has 1 aromatic carbocycles. The third-order valence-electron chi connectivity index (χ3n) is 2.89. The minimum absolute atomic E-state index is 0.178. The standard InChI is InChI=1S/C12H16N2O3S/c1-9(15)14-10-4-6-11(7-5-10)18(16,17)12-3-2-8-13-12/h4-7,12-13H,2-3,8H2,1H3,(H,14,15). The molecule has 1 heterocycles. The first kappa shape index (κ1) is 13.0. The van der Waals surface area contributed by atoms with Gasteiger partial charge in [0.05, 0.1) is 4.90 Å². The highest BCUT2D eigenvalue weighted by atomic mass is 32.2. The molecule has 98 valence electrons. The number of nitrogens with one attached hydrogen (secondary N) is 2. The number of amides is 1. The van der Waals surface area contributed by atoms with Crippen LogP contribution in [0.4, 0.5) is 5.69 Å². The van der Waals surface area contributed by atoms with Gasteiger partial charge in [-0.1, -0.05) is 0 Å². The maximum atomic E-state index is 12.2. The van der Waals surface area contributed by atoms with Crippen LogP contribution in [0.25, 0.3) is 0 Å². The number of benzene rings is 1. The summed E-state index contributed by atoms with van der Waals surface area (Å²) in [6.07, 6.45) is 1.53. The number of rotatable bonds is 3. The largest absolute Gasteiger partial charge is 0.326 e. The molecule has 1 amide bonds. The van der Waals surface area contributed by atoms with Gasteiger partial charge in [-0.3, -0.25) is 4.79 Å². The molecule has 0 aromatic heterocycles. The Labute approximate surface area is 107 Å². The maximum absolute atomic E-state index is 12.2. The molecule has 1 aliphatic heterocycles. The summed E-state index contributed by atoms with van der Waals surface area (Å²) in [6.45, 7) is 2.15. The van der Waals surface area contributed by atoms with E-state index in [2.05, 4.69) is 10.6 Å². The summed E-state index contributed by atoms with van der Waals surface area (Å²) in [5.74, 6) is -0.178. The Balaban J connectivity index is 2.20. The Kier molecular flexibility index (Phi) is 3.68. The van der Waals surface area contributed by atoms with Gasteiger partial charge in [0.15, 0.2) is 9.84 Å². The van der Waals surface area contributed by atoms with Crippen LogP contribution in [0.2, 0.25) is 0 Å². The third kappa shape index (κ3) is 2.70.